The summed E-state index contributed by atoms with van der Waals surface area (Å²) in [6.07, 6.45) is 2.26. The van der Waals surface area contributed by atoms with Crippen LogP contribution in [0.5, 0.6) is 0 Å². The molecule has 0 aliphatic carbocycles. The number of nitrogens with zero attached hydrogens (tertiary/aromatic N) is 2. The molecule has 0 saturated carbocycles. The molecule has 2 atom stereocenters. The molecule has 1 aliphatic heterocycles. The molecular formula is C7H8N2O2S. The number of aromatic nitrogens is 2. The third-order valence-electron chi connectivity index (χ3n) is 1.91. The predicted octanol–water partition coefficient (Wildman–Crippen LogP) is 0.957. The second-order valence-corrected chi connectivity index (χ2v) is 3.32. The lowest BCUT2D eigenvalue weighted by Gasteiger charge is -2.05. The first-order valence-electron chi connectivity index (χ1n) is 3.78. The van der Waals surface area contributed by atoms with Crippen LogP contribution < -0.4 is 0 Å². The van der Waals surface area contributed by atoms with Gasteiger partial charge < -0.3 is 9.53 Å². The van der Waals surface area contributed by atoms with Crippen molar-refractivity contribution in [3.05, 3.63) is 11.1 Å². The third kappa shape index (κ3) is 1.37. The number of carbonyl (C=O) groups is 1. The summed E-state index contributed by atoms with van der Waals surface area (Å²) in [6.45, 7) is 0. The number of rotatable bonds is 2. The zero-order chi connectivity index (χ0) is 8.39. The molecule has 4 nitrogen and oxygen atoms in total. The van der Waals surface area contributed by atoms with E-state index in [1.807, 2.05) is 5.38 Å². The van der Waals surface area contributed by atoms with E-state index < -0.39 is 0 Å². The molecule has 0 N–H and O–H groups in total. The summed E-state index contributed by atoms with van der Waals surface area (Å²) >= 11 is 1.31. The van der Waals surface area contributed by atoms with Crippen molar-refractivity contribution in [1.82, 2.24) is 9.59 Å². The van der Waals surface area contributed by atoms with Crippen molar-refractivity contribution in [3.63, 3.8) is 0 Å². The first-order chi connectivity index (χ1) is 5.90. The van der Waals surface area contributed by atoms with E-state index in [4.69, 9.17) is 4.74 Å². The van der Waals surface area contributed by atoms with Crippen molar-refractivity contribution in [2.75, 3.05) is 0 Å². The van der Waals surface area contributed by atoms with Gasteiger partial charge in [0.25, 0.3) is 0 Å². The molecule has 2 rings (SSSR count). The average molecular weight is 184 g/mol. The van der Waals surface area contributed by atoms with Crippen LogP contribution >= 0.6 is 11.5 Å². The van der Waals surface area contributed by atoms with Gasteiger partial charge in [-0.05, 0) is 24.4 Å². The zero-order valence-electron chi connectivity index (χ0n) is 6.34. The lowest BCUT2D eigenvalue weighted by molar-refractivity contribution is -0.117. The van der Waals surface area contributed by atoms with E-state index >= 15 is 0 Å². The Balaban J connectivity index is 2.04. The molecule has 2 unspecified atom stereocenters. The number of aldehydes is 1. The minimum Gasteiger partial charge on any atom is -0.361 e. The maximum absolute atomic E-state index is 10.4. The van der Waals surface area contributed by atoms with Crippen LogP contribution in [0.15, 0.2) is 5.38 Å². The Hall–Kier alpha value is -0.810. The largest absolute Gasteiger partial charge is 0.361 e. The van der Waals surface area contributed by atoms with Crippen molar-refractivity contribution in [2.45, 2.75) is 25.0 Å². The van der Waals surface area contributed by atoms with E-state index in [-0.39, 0.29) is 12.2 Å². The molecule has 0 amide bonds. The maximum atomic E-state index is 10.4. The van der Waals surface area contributed by atoms with E-state index in [1.54, 1.807) is 0 Å². The normalized spacial score (nSPS) is 29.0. The summed E-state index contributed by atoms with van der Waals surface area (Å²) in [6, 6.07) is 0. The molecule has 0 bridgehead atoms. The van der Waals surface area contributed by atoms with Gasteiger partial charge in [-0.15, -0.1) is 5.10 Å². The summed E-state index contributed by atoms with van der Waals surface area (Å²) < 4.78 is 9.13. The van der Waals surface area contributed by atoms with E-state index in [9.17, 15) is 4.79 Å². The van der Waals surface area contributed by atoms with Crippen LogP contribution in [0, 0.1) is 0 Å². The summed E-state index contributed by atoms with van der Waals surface area (Å²) in [4.78, 5) is 10.4. The summed E-state index contributed by atoms with van der Waals surface area (Å²) in [7, 11) is 0. The van der Waals surface area contributed by atoms with Gasteiger partial charge in [-0.3, -0.25) is 0 Å². The third-order valence-corrected chi connectivity index (χ3v) is 2.43. The van der Waals surface area contributed by atoms with Gasteiger partial charge in [0.05, 0.1) is 0 Å². The molecule has 1 aromatic rings. The van der Waals surface area contributed by atoms with E-state index in [0.29, 0.717) is 0 Å². The number of carbonyl (C=O) groups excluding carboxylic acids is 1. The van der Waals surface area contributed by atoms with Crippen LogP contribution in [0.25, 0.3) is 0 Å². The van der Waals surface area contributed by atoms with Gasteiger partial charge in [0.2, 0.25) is 0 Å². The molecule has 1 aliphatic rings. The molecule has 0 radical (unpaired) electrons. The van der Waals surface area contributed by atoms with Gasteiger partial charge in [0.1, 0.15) is 24.2 Å². The minimum absolute atomic E-state index is 0.0149. The highest BCUT2D eigenvalue weighted by molar-refractivity contribution is 7.03. The van der Waals surface area contributed by atoms with Crippen LogP contribution in [-0.2, 0) is 9.53 Å². The zero-order valence-corrected chi connectivity index (χ0v) is 7.16. The Labute approximate surface area is 73.7 Å². The monoisotopic (exact) mass is 184 g/mol. The van der Waals surface area contributed by atoms with Crippen LogP contribution in [-0.4, -0.2) is 22.0 Å². The molecule has 0 spiro atoms. The molecule has 64 valence electrons. The number of hydrogen-bond acceptors (Lipinski definition) is 5. The molecule has 1 saturated heterocycles. The maximum Gasteiger partial charge on any atom is 0.148 e. The summed E-state index contributed by atoms with van der Waals surface area (Å²) in [5, 5.41) is 5.75. The minimum atomic E-state index is -0.239. The van der Waals surface area contributed by atoms with Crippen molar-refractivity contribution < 1.29 is 9.53 Å². The molecule has 0 aromatic carbocycles. The van der Waals surface area contributed by atoms with Gasteiger partial charge >= 0.3 is 0 Å². The van der Waals surface area contributed by atoms with Gasteiger partial charge in [-0.25, -0.2) is 0 Å². The molecular weight excluding hydrogens is 176 g/mol. The first-order valence-corrected chi connectivity index (χ1v) is 4.61. The van der Waals surface area contributed by atoms with E-state index in [2.05, 4.69) is 9.59 Å². The van der Waals surface area contributed by atoms with Crippen molar-refractivity contribution in [1.29, 1.82) is 0 Å². The number of ether oxygens (including phenoxy) is 1. The fourth-order valence-corrected chi connectivity index (χ4v) is 1.79. The molecule has 1 aromatic heterocycles. The Bertz CT molecular complexity index is 262. The Morgan fingerprint density at radius 2 is 2.58 bits per heavy atom. The lowest BCUT2D eigenvalue weighted by atomic mass is 10.2. The molecule has 5 heteroatoms. The average Bonchev–Trinajstić information content (AvgIpc) is 2.75. The predicted molar refractivity (Wildman–Crippen MR) is 42.8 cm³/mol. The van der Waals surface area contributed by atoms with Gasteiger partial charge in [-0.1, -0.05) is 4.49 Å². The SMILES string of the molecule is O=CC1CCC(c2csnn2)O1. The quantitative estimate of drug-likeness (QED) is 0.642. The molecule has 1 fully saturated rings. The summed E-state index contributed by atoms with van der Waals surface area (Å²) in [5.74, 6) is 0. The Kier molecular flexibility index (Phi) is 2.14. The highest BCUT2D eigenvalue weighted by Gasteiger charge is 2.27. The smallest absolute Gasteiger partial charge is 0.148 e. The van der Waals surface area contributed by atoms with Crippen LogP contribution in [0.3, 0.4) is 0 Å². The van der Waals surface area contributed by atoms with Gasteiger partial charge in [-0.2, -0.15) is 0 Å². The van der Waals surface area contributed by atoms with Crippen molar-refractivity contribution >= 4 is 17.8 Å². The van der Waals surface area contributed by atoms with E-state index in [1.165, 1.54) is 11.5 Å². The summed E-state index contributed by atoms with van der Waals surface area (Å²) in [5.41, 5.74) is 0.851. The second-order valence-electron chi connectivity index (χ2n) is 2.71. The van der Waals surface area contributed by atoms with Crippen LogP contribution in [0.2, 0.25) is 0 Å². The van der Waals surface area contributed by atoms with Crippen molar-refractivity contribution in [2.24, 2.45) is 0 Å². The lowest BCUT2D eigenvalue weighted by Crippen LogP contribution is -2.07. The van der Waals surface area contributed by atoms with Crippen LogP contribution in [0.1, 0.15) is 24.6 Å². The number of hydrogen-bond donors (Lipinski definition) is 0. The highest BCUT2D eigenvalue weighted by Crippen LogP contribution is 2.30. The molecule has 12 heavy (non-hydrogen) atoms. The second kappa shape index (κ2) is 3.28. The first kappa shape index (κ1) is 7.82. The van der Waals surface area contributed by atoms with Crippen molar-refractivity contribution in [3.8, 4) is 0 Å². The fraction of sp³-hybridized carbons (Fsp3) is 0.571. The van der Waals surface area contributed by atoms with Crippen LogP contribution in [0.4, 0.5) is 0 Å². The van der Waals surface area contributed by atoms with Gasteiger partial charge in [0.15, 0.2) is 0 Å². The standard InChI is InChI=1S/C7H8N2O2S/c10-3-5-1-2-7(11-5)6-4-12-9-8-6/h3-5,7H,1-2H2. The Morgan fingerprint density at radius 1 is 1.67 bits per heavy atom. The molecule has 2 heterocycles. The highest BCUT2D eigenvalue weighted by atomic mass is 32.1. The van der Waals surface area contributed by atoms with Gasteiger partial charge in [0, 0.05) is 5.38 Å². The Morgan fingerprint density at radius 3 is 3.17 bits per heavy atom. The fourth-order valence-electron chi connectivity index (χ4n) is 1.29. The topological polar surface area (TPSA) is 52.1 Å². The van der Waals surface area contributed by atoms with E-state index in [0.717, 1.165) is 24.8 Å².